The van der Waals surface area contributed by atoms with Crippen molar-refractivity contribution in [2.24, 2.45) is 5.73 Å². The van der Waals surface area contributed by atoms with Crippen molar-refractivity contribution >= 4 is 5.82 Å². The Hall–Kier alpha value is -1.09. The summed E-state index contributed by atoms with van der Waals surface area (Å²) in [6.07, 6.45) is 5.68. The van der Waals surface area contributed by atoms with E-state index in [9.17, 15) is 0 Å². The molecular formula is C12H19N3. The number of anilines is 1. The van der Waals surface area contributed by atoms with Crippen molar-refractivity contribution in [2.75, 3.05) is 18.0 Å². The van der Waals surface area contributed by atoms with Gasteiger partial charge in [-0.05, 0) is 37.8 Å². The van der Waals surface area contributed by atoms with Gasteiger partial charge >= 0.3 is 0 Å². The smallest absolute Gasteiger partial charge is 0.128 e. The van der Waals surface area contributed by atoms with Crippen LogP contribution in [0.2, 0.25) is 0 Å². The molecule has 0 saturated carbocycles. The summed E-state index contributed by atoms with van der Waals surface area (Å²) in [5.74, 6) is 1.08. The minimum absolute atomic E-state index is 0.481. The number of hydrogen-bond donors (Lipinski definition) is 1. The van der Waals surface area contributed by atoms with Crippen LogP contribution in [0.3, 0.4) is 0 Å². The molecule has 3 nitrogen and oxygen atoms in total. The topological polar surface area (TPSA) is 42.1 Å². The molecule has 15 heavy (non-hydrogen) atoms. The Balaban J connectivity index is 2.16. The molecule has 1 unspecified atom stereocenters. The van der Waals surface area contributed by atoms with Crippen molar-refractivity contribution in [3.05, 3.63) is 23.9 Å². The molecule has 2 rings (SSSR count). The van der Waals surface area contributed by atoms with Gasteiger partial charge in [-0.15, -0.1) is 0 Å². The Morgan fingerprint density at radius 1 is 1.47 bits per heavy atom. The lowest BCUT2D eigenvalue weighted by atomic mass is 10.0. The van der Waals surface area contributed by atoms with E-state index in [1.54, 1.807) is 0 Å². The normalized spacial score (nSPS) is 21.7. The molecular weight excluding hydrogens is 186 g/mol. The highest BCUT2D eigenvalue weighted by molar-refractivity contribution is 5.41. The Kier molecular flexibility index (Phi) is 3.21. The fourth-order valence-electron chi connectivity index (χ4n) is 2.18. The summed E-state index contributed by atoms with van der Waals surface area (Å²) in [7, 11) is 0. The highest BCUT2D eigenvalue weighted by Gasteiger charge is 2.21. The SMILES string of the molecule is Cc1ccc(N2CCCCC2CN)nc1. The van der Waals surface area contributed by atoms with E-state index in [1.165, 1.54) is 24.8 Å². The first kappa shape index (κ1) is 10.4. The lowest BCUT2D eigenvalue weighted by Crippen LogP contribution is -2.44. The van der Waals surface area contributed by atoms with E-state index in [1.807, 2.05) is 6.20 Å². The van der Waals surface area contributed by atoms with E-state index < -0.39 is 0 Å². The van der Waals surface area contributed by atoms with Crippen LogP contribution >= 0.6 is 0 Å². The molecule has 0 aliphatic carbocycles. The van der Waals surface area contributed by atoms with Crippen molar-refractivity contribution in [1.29, 1.82) is 0 Å². The van der Waals surface area contributed by atoms with Crippen molar-refractivity contribution in [3.8, 4) is 0 Å². The van der Waals surface area contributed by atoms with Crippen LogP contribution in [0, 0.1) is 6.92 Å². The summed E-state index contributed by atoms with van der Waals surface area (Å²) in [4.78, 5) is 6.82. The Labute approximate surface area is 91.3 Å². The summed E-state index contributed by atoms with van der Waals surface area (Å²) in [6, 6.07) is 4.70. The number of hydrogen-bond acceptors (Lipinski definition) is 3. The van der Waals surface area contributed by atoms with Gasteiger partial charge in [0.2, 0.25) is 0 Å². The maximum Gasteiger partial charge on any atom is 0.128 e. The van der Waals surface area contributed by atoms with Crippen LogP contribution in [-0.2, 0) is 0 Å². The summed E-state index contributed by atoms with van der Waals surface area (Å²) in [5.41, 5.74) is 7.00. The highest BCUT2D eigenvalue weighted by Crippen LogP contribution is 2.22. The van der Waals surface area contributed by atoms with Crippen molar-refractivity contribution in [3.63, 3.8) is 0 Å². The number of aryl methyl sites for hydroxylation is 1. The minimum atomic E-state index is 0.481. The van der Waals surface area contributed by atoms with Crippen LogP contribution in [-0.4, -0.2) is 24.1 Å². The Morgan fingerprint density at radius 3 is 3.00 bits per heavy atom. The van der Waals surface area contributed by atoms with Crippen LogP contribution < -0.4 is 10.6 Å². The number of piperidine rings is 1. The van der Waals surface area contributed by atoms with Crippen LogP contribution in [0.15, 0.2) is 18.3 Å². The monoisotopic (exact) mass is 205 g/mol. The van der Waals surface area contributed by atoms with Gasteiger partial charge in [-0.25, -0.2) is 4.98 Å². The van der Waals surface area contributed by atoms with Crippen LogP contribution in [0.4, 0.5) is 5.82 Å². The van der Waals surface area contributed by atoms with Gasteiger partial charge in [0.15, 0.2) is 0 Å². The molecule has 1 saturated heterocycles. The van der Waals surface area contributed by atoms with Gasteiger partial charge in [0.1, 0.15) is 5.82 Å². The highest BCUT2D eigenvalue weighted by atomic mass is 15.2. The maximum absolute atomic E-state index is 5.79. The van der Waals surface area contributed by atoms with Gasteiger partial charge in [0.25, 0.3) is 0 Å². The Morgan fingerprint density at radius 2 is 2.33 bits per heavy atom. The third kappa shape index (κ3) is 2.29. The molecule has 0 amide bonds. The van der Waals surface area contributed by atoms with E-state index in [0.717, 1.165) is 18.9 Å². The first-order chi connectivity index (χ1) is 7.31. The number of nitrogens with two attached hydrogens (primary N) is 1. The number of rotatable bonds is 2. The molecule has 1 fully saturated rings. The van der Waals surface area contributed by atoms with Gasteiger partial charge in [-0.2, -0.15) is 0 Å². The molecule has 1 aliphatic heterocycles. The molecule has 1 aromatic rings. The zero-order chi connectivity index (χ0) is 10.7. The standard InChI is InChI=1S/C12H19N3/c1-10-5-6-12(14-9-10)15-7-3-2-4-11(15)8-13/h5-6,9,11H,2-4,7-8,13H2,1H3. The van der Waals surface area contributed by atoms with E-state index in [4.69, 9.17) is 5.73 Å². The van der Waals surface area contributed by atoms with Crippen molar-refractivity contribution in [1.82, 2.24) is 4.98 Å². The van der Waals surface area contributed by atoms with Gasteiger partial charge in [-0.1, -0.05) is 6.07 Å². The largest absolute Gasteiger partial charge is 0.352 e. The van der Waals surface area contributed by atoms with Crippen molar-refractivity contribution in [2.45, 2.75) is 32.2 Å². The quantitative estimate of drug-likeness (QED) is 0.799. The van der Waals surface area contributed by atoms with Gasteiger partial charge in [0.05, 0.1) is 0 Å². The second kappa shape index (κ2) is 4.62. The molecule has 2 N–H and O–H groups in total. The number of aromatic nitrogens is 1. The summed E-state index contributed by atoms with van der Waals surface area (Å²) in [5, 5.41) is 0. The number of pyridine rings is 1. The Bertz CT molecular complexity index is 307. The van der Waals surface area contributed by atoms with Crippen LogP contribution in [0.1, 0.15) is 24.8 Å². The third-order valence-electron chi connectivity index (χ3n) is 3.09. The van der Waals surface area contributed by atoms with E-state index in [-0.39, 0.29) is 0 Å². The zero-order valence-corrected chi connectivity index (χ0v) is 9.32. The maximum atomic E-state index is 5.79. The minimum Gasteiger partial charge on any atom is -0.352 e. The average Bonchev–Trinajstić information content (AvgIpc) is 2.30. The van der Waals surface area contributed by atoms with Gasteiger partial charge in [-0.3, -0.25) is 0 Å². The lowest BCUT2D eigenvalue weighted by molar-refractivity contribution is 0.462. The van der Waals surface area contributed by atoms with Crippen LogP contribution in [0.25, 0.3) is 0 Å². The molecule has 0 spiro atoms. The molecule has 1 atom stereocenters. The predicted molar refractivity (Wildman–Crippen MR) is 63.0 cm³/mol. The average molecular weight is 205 g/mol. The third-order valence-corrected chi connectivity index (χ3v) is 3.09. The predicted octanol–water partition coefficient (Wildman–Crippen LogP) is 1.71. The first-order valence-electron chi connectivity index (χ1n) is 5.70. The molecule has 1 aliphatic rings. The second-order valence-electron chi connectivity index (χ2n) is 4.27. The summed E-state index contributed by atoms with van der Waals surface area (Å²) in [6.45, 7) is 3.89. The molecule has 0 aromatic carbocycles. The molecule has 0 radical (unpaired) electrons. The van der Waals surface area contributed by atoms with Crippen molar-refractivity contribution < 1.29 is 0 Å². The molecule has 3 heteroatoms. The zero-order valence-electron chi connectivity index (χ0n) is 9.32. The second-order valence-corrected chi connectivity index (χ2v) is 4.27. The first-order valence-corrected chi connectivity index (χ1v) is 5.70. The van der Waals surface area contributed by atoms with E-state index >= 15 is 0 Å². The fraction of sp³-hybridized carbons (Fsp3) is 0.583. The van der Waals surface area contributed by atoms with E-state index in [0.29, 0.717) is 6.04 Å². The van der Waals surface area contributed by atoms with E-state index in [2.05, 4.69) is 28.9 Å². The fourth-order valence-corrected chi connectivity index (χ4v) is 2.18. The number of nitrogens with zero attached hydrogens (tertiary/aromatic N) is 2. The molecule has 2 heterocycles. The summed E-state index contributed by atoms with van der Waals surface area (Å²) < 4.78 is 0. The molecule has 1 aromatic heterocycles. The molecule has 0 bridgehead atoms. The summed E-state index contributed by atoms with van der Waals surface area (Å²) >= 11 is 0. The lowest BCUT2D eigenvalue weighted by Gasteiger charge is -2.36. The molecule has 82 valence electrons. The van der Waals surface area contributed by atoms with Crippen LogP contribution in [0.5, 0.6) is 0 Å². The van der Waals surface area contributed by atoms with Gasteiger partial charge in [0, 0.05) is 25.3 Å². The van der Waals surface area contributed by atoms with Gasteiger partial charge < -0.3 is 10.6 Å².